The summed E-state index contributed by atoms with van der Waals surface area (Å²) < 4.78 is 0. The van der Waals surface area contributed by atoms with Crippen molar-refractivity contribution >= 4 is 5.69 Å². The average molecular weight is 258 g/mol. The van der Waals surface area contributed by atoms with Gasteiger partial charge in [0.15, 0.2) is 0 Å². The Morgan fingerprint density at radius 3 is 2.47 bits per heavy atom. The summed E-state index contributed by atoms with van der Waals surface area (Å²) in [4.78, 5) is 0. The van der Waals surface area contributed by atoms with Crippen molar-refractivity contribution in [3.05, 3.63) is 29.3 Å². The van der Waals surface area contributed by atoms with E-state index in [0.717, 1.165) is 12.0 Å². The summed E-state index contributed by atoms with van der Waals surface area (Å²) >= 11 is 0. The second-order valence-electron chi connectivity index (χ2n) is 6.42. The lowest BCUT2D eigenvalue weighted by atomic mass is 9.93. The van der Waals surface area contributed by atoms with Crippen molar-refractivity contribution in [1.82, 2.24) is 5.32 Å². The highest BCUT2D eigenvalue weighted by Gasteiger charge is 2.34. The monoisotopic (exact) mass is 258 g/mol. The Bertz CT molecular complexity index is 415. The highest BCUT2D eigenvalue weighted by atomic mass is 15.0. The number of hydrogen-bond acceptors (Lipinski definition) is 2. The van der Waals surface area contributed by atoms with Crippen LogP contribution in [0, 0.1) is 19.8 Å². The van der Waals surface area contributed by atoms with Crippen molar-refractivity contribution in [3.8, 4) is 0 Å². The Morgan fingerprint density at radius 2 is 1.79 bits per heavy atom. The maximum Gasteiger partial charge on any atom is 0.0347 e. The SMILES string of the molecule is Cc1cc(C)cc(NC2CCCC2C2CCCN2)c1. The Balaban J connectivity index is 1.70. The second kappa shape index (κ2) is 5.54. The van der Waals surface area contributed by atoms with Gasteiger partial charge in [0.2, 0.25) is 0 Å². The predicted octanol–water partition coefficient (Wildman–Crippen LogP) is 3.64. The first kappa shape index (κ1) is 13.0. The molecule has 0 amide bonds. The molecule has 1 aliphatic heterocycles. The van der Waals surface area contributed by atoms with Crippen LogP contribution in [0.2, 0.25) is 0 Å². The molecule has 1 aliphatic carbocycles. The number of benzene rings is 1. The Hall–Kier alpha value is -1.02. The molecule has 2 aliphatic rings. The minimum Gasteiger partial charge on any atom is -0.382 e. The van der Waals surface area contributed by atoms with Crippen LogP contribution in [0.25, 0.3) is 0 Å². The van der Waals surface area contributed by atoms with E-state index in [1.165, 1.54) is 55.5 Å². The molecule has 1 heterocycles. The molecule has 2 fully saturated rings. The molecule has 0 spiro atoms. The Labute approximate surface area is 117 Å². The Morgan fingerprint density at radius 1 is 1.00 bits per heavy atom. The average Bonchev–Trinajstić information content (AvgIpc) is 2.96. The summed E-state index contributed by atoms with van der Waals surface area (Å²) in [5, 5.41) is 7.51. The molecule has 3 unspecified atom stereocenters. The first-order chi connectivity index (χ1) is 9.22. The molecule has 1 aromatic carbocycles. The van der Waals surface area contributed by atoms with Crippen LogP contribution >= 0.6 is 0 Å². The van der Waals surface area contributed by atoms with Gasteiger partial charge >= 0.3 is 0 Å². The maximum atomic E-state index is 3.81. The summed E-state index contributed by atoms with van der Waals surface area (Å²) in [5.74, 6) is 0.823. The van der Waals surface area contributed by atoms with Gasteiger partial charge in [0.05, 0.1) is 0 Å². The molecular formula is C17H26N2. The number of nitrogens with one attached hydrogen (secondary N) is 2. The fourth-order valence-electron chi connectivity index (χ4n) is 4.00. The van der Waals surface area contributed by atoms with Crippen molar-refractivity contribution in [1.29, 1.82) is 0 Å². The quantitative estimate of drug-likeness (QED) is 0.865. The number of rotatable bonds is 3. The van der Waals surface area contributed by atoms with Gasteiger partial charge in [0, 0.05) is 17.8 Å². The predicted molar refractivity (Wildman–Crippen MR) is 81.7 cm³/mol. The standard InChI is InChI=1S/C17H26N2/c1-12-9-13(2)11-14(10-12)19-17-6-3-5-15(17)16-7-4-8-18-16/h9-11,15-19H,3-8H2,1-2H3. The normalized spacial score (nSPS) is 30.7. The molecule has 0 aromatic heterocycles. The molecule has 3 rings (SSSR count). The van der Waals surface area contributed by atoms with Gasteiger partial charge in [0.25, 0.3) is 0 Å². The molecule has 104 valence electrons. The molecule has 19 heavy (non-hydrogen) atoms. The Kier molecular flexibility index (Phi) is 3.79. The van der Waals surface area contributed by atoms with E-state index < -0.39 is 0 Å². The smallest absolute Gasteiger partial charge is 0.0347 e. The first-order valence-electron chi connectivity index (χ1n) is 7.80. The molecule has 2 nitrogen and oxygen atoms in total. The van der Waals surface area contributed by atoms with Crippen LogP contribution in [0.3, 0.4) is 0 Å². The molecule has 1 saturated carbocycles. The molecular weight excluding hydrogens is 232 g/mol. The van der Waals surface area contributed by atoms with E-state index in [-0.39, 0.29) is 0 Å². The number of anilines is 1. The lowest BCUT2D eigenvalue weighted by Gasteiger charge is -2.27. The third kappa shape index (κ3) is 2.94. The molecule has 1 saturated heterocycles. The van der Waals surface area contributed by atoms with Crippen LogP contribution in [0.1, 0.15) is 43.2 Å². The third-order valence-corrected chi connectivity index (χ3v) is 4.76. The van der Waals surface area contributed by atoms with E-state index in [9.17, 15) is 0 Å². The van der Waals surface area contributed by atoms with Crippen LogP contribution in [0.5, 0.6) is 0 Å². The highest BCUT2D eigenvalue weighted by molar-refractivity contribution is 5.49. The van der Waals surface area contributed by atoms with Crippen molar-refractivity contribution in [3.63, 3.8) is 0 Å². The van der Waals surface area contributed by atoms with Crippen LogP contribution in [-0.4, -0.2) is 18.6 Å². The minimum absolute atomic E-state index is 0.664. The van der Waals surface area contributed by atoms with Crippen LogP contribution in [-0.2, 0) is 0 Å². The zero-order valence-electron chi connectivity index (χ0n) is 12.2. The second-order valence-corrected chi connectivity index (χ2v) is 6.42. The molecule has 1 aromatic rings. The largest absolute Gasteiger partial charge is 0.382 e. The van der Waals surface area contributed by atoms with Gasteiger partial charge in [-0.3, -0.25) is 0 Å². The zero-order valence-corrected chi connectivity index (χ0v) is 12.2. The fraction of sp³-hybridized carbons (Fsp3) is 0.647. The van der Waals surface area contributed by atoms with E-state index in [2.05, 4.69) is 42.7 Å². The van der Waals surface area contributed by atoms with Crippen molar-refractivity contribution < 1.29 is 0 Å². The minimum atomic E-state index is 0.664. The number of aryl methyl sites for hydroxylation is 2. The van der Waals surface area contributed by atoms with E-state index in [4.69, 9.17) is 0 Å². The zero-order chi connectivity index (χ0) is 13.2. The molecule has 0 bridgehead atoms. The van der Waals surface area contributed by atoms with Gasteiger partial charge in [-0.05, 0) is 75.3 Å². The highest BCUT2D eigenvalue weighted by Crippen LogP contribution is 2.34. The summed E-state index contributed by atoms with van der Waals surface area (Å²) in [5.41, 5.74) is 4.03. The number of hydrogen-bond donors (Lipinski definition) is 2. The van der Waals surface area contributed by atoms with E-state index >= 15 is 0 Å². The van der Waals surface area contributed by atoms with E-state index in [1.54, 1.807) is 0 Å². The van der Waals surface area contributed by atoms with Crippen molar-refractivity contribution in [2.24, 2.45) is 5.92 Å². The molecule has 3 atom stereocenters. The maximum absolute atomic E-state index is 3.81. The summed E-state index contributed by atoms with van der Waals surface area (Å²) in [6, 6.07) is 8.23. The van der Waals surface area contributed by atoms with Crippen LogP contribution < -0.4 is 10.6 Å². The molecule has 2 heteroatoms. The van der Waals surface area contributed by atoms with Gasteiger partial charge in [0.1, 0.15) is 0 Å². The summed E-state index contributed by atoms with van der Waals surface area (Å²) in [6.45, 7) is 5.59. The van der Waals surface area contributed by atoms with Gasteiger partial charge < -0.3 is 10.6 Å². The topological polar surface area (TPSA) is 24.1 Å². The van der Waals surface area contributed by atoms with Crippen molar-refractivity contribution in [2.75, 3.05) is 11.9 Å². The third-order valence-electron chi connectivity index (χ3n) is 4.76. The van der Waals surface area contributed by atoms with Crippen molar-refractivity contribution in [2.45, 2.75) is 58.0 Å². The van der Waals surface area contributed by atoms with Crippen LogP contribution in [0.15, 0.2) is 18.2 Å². The molecule has 2 N–H and O–H groups in total. The summed E-state index contributed by atoms with van der Waals surface area (Å²) in [6.07, 6.45) is 6.83. The van der Waals surface area contributed by atoms with Gasteiger partial charge in [-0.2, -0.15) is 0 Å². The summed E-state index contributed by atoms with van der Waals surface area (Å²) in [7, 11) is 0. The lowest BCUT2D eigenvalue weighted by molar-refractivity contribution is 0.376. The van der Waals surface area contributed by atoms with Gasteiger partial charge in [-0.1, -0.05) is 12.5 Å². The molecule has 0 radical (unpaired) electrons. The van der Waals surface area contributed by atoms with Crippen LogP contribution in [0.4, 0.5) is 5.69 Å². The van der Waals surface area contributed by atoms with Gasteiger partial charge in [-0.15, -0.1) is 0 Å². The first-order valence-corrected chi connectivity index (χ1v) is 7.80. The lowest BCUT2D eigenvalue weighted by Crippen LogP contribution is -2.38. The fourth-order valence-corrected chi connectivity index (χ4v) is 4.00. The van der Waals surface area contributed by atoms with Gasteiger partial charge in [-0.25, -0.2) is 0 Å². The van der Waals surface area contributed by atoms with E-state index in [1.807, 2.05) is 0 Å². The van der Waals surface area contributed by atoms with E-state index in [0.29, 0.717) is 6.04 Å².